The van der Waals surface area contributed by atoms with Crippen LogP contribution in [0.15, 0.2) is 0 Å². The van der Waals surface area contributed by atoms with E-state index in [9.17, 15) is 9.59 Å². The van der Waals surface area contributed by atoms with Crippen molar-refractivity contribution in [1.29, 1.82) is 0 Å². The van der Waals surface area contributed by atoms with Gasteiger partial charge in [-0.05, 0) is 25.7 Å². The molecule has 0 aromatic rings. The molecule has 1 atom stereocenters. The first-order chi connectivity index (χ1) is 7.74. The van der Waals surface area contributed by atoms with Gasteiger partial charge in [0.1, 0.15) is 6.04 Å². The van der Waals surface area contributed by atoms with E-state index in [1.807, 2.05) is 4.90 Å². The lowest BCUT2D eigenvalue weighted by atomic mass is 10.2. The number of hydrogen-bond acceptors (Lipinski definition) is 3. The van der Waals surface area contributed by atoms with Crippen molar-refractivity contribution in [3.8, 4) is 0 Å². The zero-order chi connectivity index (χ0) is 11.5. The zero-order valence-electron chi connectivity index (χ0n) is 9.65. The third-order valence-corrected chi connectivity index (χ3v) is 3.35. The molecule has 0 aromatic carbocycles. The minimum Gasteiger partial charge on any atom is -0.467 e. The fraction of sp³-hybridized carbons (Fsp3) is 0.818. The molecule has 90 valence electrons. The van der Waals surface area contributed by atoms with E-state index >= 15 is 0 Å². The van der Waals surface area contributed by atoms with Crippen molar-refractivity contribution in [3.05, 3.63) is 0 Å². The third-order valence-electron chi connectivity index (χ3n) is 3.35. The molecule has 5 heteroatoms. The van der Waals surface area contributed by atoms with Gasteiger partial charge in [0.25, 0.3) is 0 Å². The molecule has 2 rings (SSSR count). The van der Waals surface area contributed by atoms with Crippen molar-refractivity contribution in [2.24, 2.45) is 0 Å². The van der Waals surface area contributed by atoms with Crippen molar-refractivity contribution in [1.82, 2.24) is 9.80 Å². The van der Waals surface area contributed by atoms with Crippen LogP contribution in [0, 0.1) is 0 Å². The average Bonchev–Trinajstić information content (AvgIpc) is 2.97. The van der Waals surface area contributed by atoms with E-state index in [4.69, 9.17) is 4.74 Å². The summed E-state index contributed by atoms with van der Waals surface area (Å²) in [5.74, 6) is -0.287. The van der Waals surface area contributed by atoms with Gasteiger partial charge in [-0.15, -0.1) is 0 Å². The number of hydrogen-bond donors (Lipinski definition) is 0. The second-order valence-corrected chi connectivity index (χ2v) is 4.35. The van der Waals surface area contributed by atoms with Gasteiger partial charge in [-0.2, -0.15) is 0 Å². The first kappa shape index (κ1) is 11.2. The Balaban J connectivity index is 2.01. The maximum Gasteiger partial charge on any atom is 0.328 e. The normalized spacial score (nSPS) is 24.9. The van der Waals surface area contributed by atoms with Crippen molar-refractivity contribution in [3.63, 3.8) is 0 Å². The Labute approximate surface area is 95.3 Å². The van der Waals surface area contributed by atoms with Gasteiger partial charge >= 0.3 is 12.0 Å². The molecule has 0 bridgehead atoms. The minimum absolute atomic E-state index is 0.00500. The summed E-state index contributed by atoms with van der Waals surface area (Å²) in [6.45, 7) is 2.32. The van der Waals surface area contributed by atoms with Crippen LogP contribution in [-0.2, 0) is 9.53 Å². The molecule has 2 fully saturated rings. The molecule has 0 aliphatic carbocycles. The number of carbonyl (C=O) groups excluding carboxylic acids is 2. The van der Waals surface area contributed by atoms with E-state index in [0.29, 0.717) is 6.54 Å². The van der Waals surface area contributed by atoms with E-state index in [1.165, 1.54) is 7.11 Å². The number of methoxy groups -OCH3 is 1. The predicted molar refractivity (Wildman–Crippen MR) is 57.9 cm³/mol. The fourth-order valence-electron chi connectivity index (χ4n) is 2.47. The standard InChI is InChI=1S/C11H18N2O3/c1-16-10(14)9-5-4-8-13(9)11(15)12-6-2-3-7-12/h9H,2-8H2,1H3/t9-/m1/s1. The lowest BCUT2D eigenvalue weighted by molar-refractivity contribution is -0.145. The molecule has 5 nitrogen and oxygen atoms in total. The second kappa shape index (κ2) is 4.72. The van der Waals surface area contributed by atoms with Gasteiger partial charge in [0.05, 0.1) is 7.11 Å². The molecule has 0 aromatic heterocycles. The SMILES string of the molecule is COC(=O)[C@H]1CCCN1C(=O)N1CCCC1. The van der Waals surface area contributed by atoms with Crippen LogP contribution in [0.2, 0.25) is 0 Å². The molecule has 2 heterocycles. The molecule has 0 spiro atoms. The lowest BCUT2D eigenvalue weighted by Gasteiger charge is -2.27. The number of carbonyl (C=O) groups is 2. The highest BCUT2D eigenvalue weighted by molar-refractivity contribution is 5.84. The van der Waals surface area contributed by atoms with Crippen LogP contribution in [0.1, 0.15) is 25.7 Å². The quantitative estimate of drug-likeness (QED) is 0.622. The topological polar surface area (TPSA) is 49.9 Å². The molecule has 0 radical (unpaired) electrons. The Morgan fingerprint density at radius 1 is 1.12 bits per heavy atom. The van der Waals surface area contributed by atoms with E-state index in [-0.39, 0.29) is 18.0 Å². The van der Waals surface area contributed by atoms with Crippen LogP contribution in [0.25, 0.3) is 0 Å². The second-order valence-electron chi connectivity index (χ2n) is 4.35. The lowest BCUT2D eigenvalue weighted by Crippen LogP contribution is -2.47. The summed E-state index contributed by atoms with van der Waals surface area (Å²) < 4.78 is 4.73. The number of likely N-dealkylation sites (tertiary alicyclic amines) is 2. The molecule has 0 saturated carbocycles. The third kappa shape index (κ3) is 1.99. The Hall–Kier alpha value is -1.26. The van der Waals surface area contributed by atoms with Crippen LogP contribution in [0.5, 0.6) is 0 Å². The smallest absolute Gasteiger partial charge is 0.328 e. The van der Waals surface area contributed by atoms with Gasteiger partial charge in [0, 0.05) is 19.6 Å². The fourth-order valence-corrected chi connectivity index (χ4v) is 2.47. The average molecular weight is 226 g/mol. The van der Waals surface area contributed by atoms with Gasteiger partial charge in [0.15, 0.2) is 0 Å². The van der Waals surface area contributed by atoms with Crippen LogP contribution < -0.4 is 0 Å². The van der Waals surface area contributed by atoms with E-state index in [1.54, 1.807) is 4.90 Å². The van der Waals surface area contributed by atoms with Crippen LogP contribution in [0.4, 0.5) is 4.79 Å². The Morgan fingerprint density at radius 2 is 1.81 bits per heavy atom. The molecule has 0 unspecified atom stereocenters. The molecule has 2 amide bonds. The van der Waals surface area contributed by atoms with Gasteiger partial charge in [0.2, 0.25) is 0 Å². The Morgan fingerprint density at radius 3 is 2.44 bits per heavy atom. The summed E-state index contributed by atoms with van der Waals surface area (Å²) in [5.41, 5.74) is 0. The summed E-state index contributed by atoms with van der Waals surface area (Å²) in [7, 11) is 1.37. The first-order valence-corrected chi connectivity index (χ1v) is 5.87. The summed E-state index contributed by atoms with van der Waals surface area (Å²) in [6, 6.07) is -0.358. The molecule has 2 saturated heterocycles. The highest BCUT2D eigenvalue weighted by Crippen LogP contribution is 2.21. The zero-order valence-corrected chi connectivity index (χ0v) is 9.65. The van der Waals surface area contributed by atoms with Crippen molar-refractivity contribution in [2.45, 2.75) is 31.7 Å². The van der Waals surface area contributed by atoms with Crippen molar-refractivity contribution < 1.29 is 14.3 Å². The van der Waals surface area contributed by atoms with Crippen LogP contribution >= 0.6 is 0 Å². The number of nitrogens with zero attached hydrogens (tertiary/aromatic N) is 2. The van der Waals surface area contributed by atoms with Gasteiger partial charge in [-0.1, -0.05) is 0 Å². The van der Waals surface area contributed by atoms with Crippen molar-refractivity contribution in [2.75, 3.05) is 26.7 Å². The van der Waals surface area contributed by atoms with E-state index in [2.05, 4.69) is 0 Å². The van der Waals surface area contributed by atoms with Gasteiger partial charge in [-0.25, -0.2) is 9.59 Å². The monoisotopic (exact) mass is 226 g/mol. The summed E-state index contributed by atoms with van der Waals surface area (Å²) >= 11 is 0. The first-order valence-electron chi connectivity index (χ1n) is 5.87. The van der Waals surface area contributed by atoms with Crippen molar-refractivity contribution >= 4 is 12.0 Å². The molecule has 2 aliphatic rings. The van der Waals surface area contributed by atoms with Gasteiger partial charge in [-0.3, -0.25) is 0 Å². The predicted octanol–water partition coefficient (Wildman–Crippen LogP) is 0.840. The number of urea groups is 1. The maximum atomic E-state index is 12.1. The summed E-state index contributed by atoms with van der Waals surface area (Å²) in [5, 5.41) is 0. The van der Waals surface area contributed by atoms with Gasteiger partial charge < -0.3 is 14.5 Å². The van der Waals surface area contributed by atoms with E-state index < -0.39 is 0 Å². The maximum absolute atomic E-state index is 12.1. The molecule has 16 heavy (non-hydrogen) atoms. The minimum atomic E-state index is -0.363. The number of ether oxygens (including phenoxy) is 1. The van der Waals surface area contributed by atoms with Crippen LogP contribution in [-0.4, -0.2) is 54.6 Å². The Bertz CT molecular complexity index is 287. The highest BCUT2D eigenvalue weighted by Gasteiger charge is 2.37. The molecule has 2 aliphatic heterocycles. The molecular weight excluding hydrogens is 208 g/mol. The molecule has 0 N–H and O–H groups in total. The Kier molecular flexibility index (Phi) is 3.31. The molecular formula is C11H18N2O3. The summed E-state index contributed by atoms with van der Waals surface area (Å²) in [6.07, 6.45) is 3.76. The largest absolute Gasteiger partial charge is 0.467 e. The number of amides is 2. The number of rotatable bonds is 1. The number of esters is 1. The highest BCUT2D eigenvalue weighted by atomic mass is 16.5. The van der Waals surface area contributed by atoms with Crippen LogP contribution in [0.3, 0.4) is 0 Å². The summed E-state index contributed by atoms with van der Waals surface area (Å²) in [4.78, 5) is 27.1. The van der Waals surface area contributed by atoms with E-state index in [0.717, 1.165) is 38.8 Å².